The maximum Gasteiger partial charge on any atom is 0.164 e. The third-order valence-corrected chi connectivity index (χ3v) is 27.5. The molecule has 0 amide bonds. The lowest BCUT2D eigenvalue weighted by Gasteiger charge is -2.40. The molecule has 2 aliphatic heterocycles. The van der Waals surface area contributed by atoms with Crippen molar-refractivity contribution >= 4 is 88.7 Å². The molecule has 6 nitrogen and oxygen atoms in total. The molecule has 21 aromatic rings. The molecule has 0 bridgehead atoms. The number of hydrogen-bond donors (Lipinski definition) is 0. The van der Waals surface area contributed by atoms with Crippen LogP contribution in [0.5, 0.6) is 0 Å². The van der Waals surface area contributed by atoms with E-state index in [0.29, 0.717) is 17.5 Å². The van der Waals surface area contributed by atoms with Gasteiger partial charge in [-0.1, -0.05) is 357 Å². The standard InChI is InChI=1S/C108H64N6S2/c1-3-25-65(26-4-1)74-63-92(109-97(64-74)114-94-60-58-91-103(99(94)83-56-54-68-28-8-10-36-77(68)101(83)114)116-96-48-22-20-46-89(96)108(91)86-43-17-13-39-80(86)81-40-14-18-44-87(81)108)72-32-23-31-71(61-72)66-49-51-70(52-50-66)105-110-104(69-29-5-2-6-30-69)111-106(112-105)73-33-24-34-75(62-73)113-93-59-57-90-102(98(93)82-55-53-67-27-7-9-35-76(67)100(82)113)115-95-47-21-19-45-88(95)107(90)84-41-15-11-37-78(84)79-38-12-16-42-85(79)107/h1-64H. The zero-order valence-electron chi connectivity index (χ0n) is 62.5. The number of rotatable bonds is 8. The van der Waals surface area contributed by atoms with Gasteiger partial charge in [0.2, 0.25) is 0 Å². The minimum absolute atomic E-state index is 0.518. The average molecular weight is 1510 g/mol. The van der Waals surface area contributed by atoms with Crippen LogP contribution >= 0.6 is 23.5 Å². The van der Waals surface area contributed by atoms with Crippen LogP contribution in [-0.4, -0.2) is 29.1 Å². The molecule has 0 atom stereocenters. The van der Waals surface area contributed by atoms with Gasteiger partial charge in [-0.25, -0.2) is 19.9 Å². The molecule has 4 aromatic heterocycles. The summed E-state index contributed by atoms with van der Waals surface area (Å²) < 4.78 is 4.95. The summed E-state index contributed by atoms with van der Waals surface area (Å²) in [5.74, 6) is 2.61. The van der Waals surface area contributed by atoms with Crippen LogP contribution in [0.2, 0.25) is 0 Å². The van der Waals surface area contributed by atoms with Gasteiger partial charge in [-0.15, -0.1) is 0 Å². The van der Waals surface area contributed by atoms with E-state index in [2.05, 4.69) is 379 Å². The SMILES string of the molecule is c1ccc(-c2cc(-c3cccc(-c4ccc(-c5nc(-c6ccccc6)nc(-c6cccc(-n7c8ccc9c(c8c8ccc%10ccccc%10c87)Sc7ccccc7C97c8ccccc8-c8ccccc87)c6)n5)cc4)c3)nc(-n3c4ccc5c(c4c4ccc6ccccc6c43)Sc3ccccc3C53c4ccccc4-c4ccccc43)c2)cc1. The molecule has 0 saturated carbocycles. The Kier molecular flexibility index (Phi) is 14.1. The number of pyridine rings is 1. The molecule has 0 unspecified atom stereocenters. The second kappa shape index (κ2) is 25.1. The van der Waals surface area contributed by atoms with Crippen molar-refractivity contribution in [2.45, 2.75) is 30.4 Å². The van der Waals surface area contributed by atoms with E-state index in [4.69, 9.17) is 19.9 Å². The van der Waals surface area contributed by atoms with Crippen LogP contribution in [0, 0.1) is 0 Å². The topological polar surface area (TPSA) is 61.4 Å². The lowest BCUT2D eigenvalue weighted by atomic mass is 9.67. The molecule has 17 aromatic carbocycles. The summed E-state index contributed by atoms with van der Waals surface area (Å²) in [6.07, 6.45) is 0. The Balaban J connectivity index is 0.613. The summed E-state index contributed by atoms with van der Waals surface area (Å²) in [6, 6.07) is 143. The molecular formula is C108H64N6S2. The van der Waals surface area contributed by atoms with E-state index in [1.54, 1.807) is 0 Å². The molecule has 6 heterocycles. The van der Waals surface area contributed by atoms with E-state index in [1.165, 1.54) is 129 Å². The molecule has 0 N–H and O–H groups in total. The third-order valence-electron chi connectivity index (χ3n) is 25.1. The van der Waals surface area contributed by atoms with Gasteiger partial charge in [-0.3, -0.25) is 4.57 Å². The molecule has 0 fully saturated rings. The normalized spacial score (nSPS) is 13.6. The molecule has 2 aliphatic carbocycles. The maximum atomic E-state index is 5.85. The van der Waals surface area contributed by atoms with E-state index < -0.39 is 10.8 Å². The van der Waals surface area contributed by atoms with Crippen LogP contribution in [0.15, 0.2) is 408 Å². The minimum atomic E-state index is -0.529. The molecule has 25 rings (SSSR count). The zero-order chi connectivity index (χ0) is 75.9. The van der Waals surface area contributed by atoms with Crippen LogP contribution in [-0.2, 0) is 10.8 Å². The number of fused-ring (bicyclic) bond motifs is 30. The van der Waals surface area contributed by atoms with Crippen molar-refractivity contribution in [1.29, 1.82) is 0 Å². The highest BCUT2D eigenvalue weighted by Crippen LogP contribution is 2.66. The summed E-state index contributed by atoms with van der Waals surface area (Å²) >= 11 is 3.81. The predicted octanol–water partition coefficient (Wildman–Crippen LogP) is 27.4. The van der Waals surface area contributed by atoms with Crippen LogP contribution in [0.1, 0.15) is 44.5 Å². The van der Waals surface area contributed by atoms with Crippen molar-refractivity contribution < 1.29 is 0 Å². The van der Waals surface area contributed by atoms with Gasteiger partial charge in [0.1, 0.15) is 5.82 Å². The zero-order valence-corrected chi connectivity index (χ0v) is 64.1. The fourth-order valence-corrected chi connectivity index (χ4v) is 22.9. The number of hydrogen-bond acceptors (Lipinski definition) is 6. The second-order valence-electron chi connectivity index (χ2n) is 30.9. The van der Waals surface area contributed by atoms with Gasteiger partial charge in [0.05, 0.1) is 38.6 Å². The third kappa shape index (κ3) is 9.27. The molecule has 538 valence electrons. The lowest BCUT2D eigenvalue weighted by Crippen LogP contribution is -2.32. The highest BCUT2D eigenvalue weighted by atomic mass is 32.2. The van der Waals surface area contributed by atoms with Crippen molar-refractivity contribution in [2.24, 2.45) is 0 Å². The van der Waals surface area contributed by atoms with Gasteiger partial charge in [0.15, 0.2) is 17.5 Å². The summed E-state index contributed by atoms with van der Waals surface area (Å²) in [7, 11) is 0. The monoisotopic (exact) mass is 1510 g/mol. The Morgan fingerprint density at radius 1 is 0.233 bits per heavy atom. The highest BCUT2D eigenvalue weighted by Gasteiger charge is 2.53. The molecule has 4 aliphatic rings. The van der Waals surface area contributed by atoms with Crippen molar-refractivity contribution in [1.82, 2.24) is 29.1 Å². The molecule has 0 saturated heterocycles. The van der Waals surface area contributed by atoms with E-state index in [0.717, 1.165) is 83.8 Å². The second-order valence-corrected chi connectivity index (χ2v) is 33.0. The molecule has 116 heavy (non-hydrogen) atoms. The first-order valence-electron chi connectivity index (χ1n) is 39.6. The van der Waals surface area contributed by atoms with Crippen LogP contribution in [0.3, 0.4) is 0 Å². The fraction of sp³-hybridized carbons (Fsp3) is 0.0185. The van der Waals surface area contributed by atoms with Crippen molar-refractivity contribution in [2.75, 3.05) is 0 Å². The Morgan fingerprint density at radius 2 is 0.638 bits per heavy atom. The van der Waals surface area contributed by atoms with Gasteiger partial charge in [-0.05, 0) is 154 Å². The van der Waals surface area contributed by atoms with Crippen molar-refractivity contribution in [3.05, 3.63) is 433 Å². The Hall–Kier alpha value is -14.3. The summed E-state index contributed by atoms with van der Waals surface area (Å²) in [5, 5.41) is 9.59. The van der Waals surface area contributed by atoms with Gasteiger partial charge < -0.3 is 4.57 Å². The highest BCUT2D eigenvalue weighted by molar-refractivity contribution is 8.00. The molecule has 8 heteroatoms. The molecular weight excluding hydrogens is 1450 g/mol. The summed E-state index contributed by atoms with van der Waals surface area (Å²) in [4.78, 5) is 27.0. The Morgan fingerprint density at radius 3 is 1.19 bits per heavy atom. The predicted molar refractivity (Wildman–Crippen MR) is 477 cm³/mol. The number of nitrogens with zero attached hydrogens (tertiary/aromatic N) is 6. The largest absolute Gasteiger partial charge is 0.309 e. The summed E-state index contributed by atoms with van der Waals surface area (Å²) in [6.45, 7) is 0. The van der Waals surface area contributed by atoms with Crippen molar-refractivity contribution in [3.8, 4) is 101 Å². The molecule has 2 spiro atoms. The van der Waals surface area contributed by atoms with Gasteiger partial charge in [0.25, 0.3) is 0 Å². The molecule has 0 radical (unpaired) electrons. The quantitative estimate of drug-likeness (QED) is 0.151. The smallest absolute Gasteiger partial charge is 0.164 e. The lowest BCUT2D eigenvalue weighted by molar-refractivity contribution is 0.726. The van der Waals surface area contributed by atoms with Gasteiger partial charge in [0, 0.05) is 79.8 Å². The summed E-state index contributed by atoms with van der Waals surface area (Å²) in [5.41, 5.74) is 29.1. The Bertz CT molecular complexity index is 7700. The van der Waals surface area contributed by atoms with Crippen LogP contribution in [0.25, 0.3) is 167 Å². The Labute approximate surface area is 677 Å². The van der Waals surface area contributed by atoms with E-state index in [-0.39, 0.29) is 0 Å². The average Bonchev–Trinajstić information content (AvgIpc) is 1.49. The fourth-order valence-electron chi connectivity index (χ4n) is 20.2. The van der Waals surface area contributed by atoms with Gasteiger partial charge in [-0.2, -0.15) is 0 Å². The van der Waals surface area contributed by atoms with E-state index in [1.807, 2.05) is 41.7 Å². The minimum Gasteiger partial charge on any atom is -0.309 e. The first-order chi connectivity index (χ1) is 57.5. The van der Waals surface area contributed by atoms with Crippen LogP contribution in [0.4, 0.5) is 0 Å². The first kappa shape index (κ1) is 65.3. The van der Waals surface area contributed by atoms with Gasteiger partial charge >= 0.3 is 0 Å². The van der Waals surface area contributed by atoms with Crippen LogP contribution < -0.4 is 0 Å². The van der Waals surface area contributed by atoms with E-state index >= 15 is 0 Å². The first-order valence-corrected chi connectivity index (χ1v) is 41.3. The number of aromatic nitrogens is 6. The number of benzene rings is 17. The van der Waals surface area contributed by atoms with E-state index in [9.17, 15) is 0 Å². The maximum absolute atomic E-state index is 5.85. The van der Waals surface area contributed by atoms with Crippen molar-refractivity contribution in [3.63, 3.8) is 0 Å².